The van der Waals surface area contributed by atoms with Crippen LogP contribution < -0.4 is 5.32 Å². The molecule has 0 atom stereocenters. The van der Waals surface area contributed by atoms with Gasteiger partial charge in [-0.25, -0.2) is 4.98 Å². The summed E-state index contributed by atoms with van der Waals surface area (Å²) in [6.07, 6.45) is 0. The van der Waals surface area contributed by atoms with Gasteiger partial charge in [-0.05, 0) is 18.1 Å². The highest BCUT2D eigenvalue weighted by Crippen LogP contribution is 2.29. The Morgan fingerprint density at radius 2 is 2.22 bits per heavy atom. The molecule has 0 fully saturated rings. The fourth-order valence-electron chi connectivity index (χ4n) is 1.47. The highest BCUT2D eigenvalue weighted by atomic mass is 35.5. The summed E-state index contributed by atoms with van der Waals surface area (Å²) in [5, 5.41) is 15.5. The van der Waals surface area contributed by atoms with Gasteiger partial charge in [0.2, 0.25) is 0 Å². The minimum absolute atomic E-state index is 0.395. The van der Waals surface area contributed by atoms with Crippen LogP contribution >= 0.6 is 22.9 Å². The average molecular weight is 278 g/mol. The van der Waals surface area contributed by atoms with Crippen LogP contribution in [0.3, 0.4) is 0 Å². The van der Waals surface area contributed by atoms with E-state index >= 15 is 0 Å². The van der Waals surface area contributed by atoms with Gasteiger partial charge in [0.15, 0.2) is 5.13 Å². The fraction of sp³-hybridized carbons (Fsp3) is 0.231. The van der Waals surface area contributed by atoms with Gasteiger partial charge >= 0.3 is 0 Å². The number of nitrogens with zero attached hydrogens (tertiary/aromatic N) is 2. The monoisotopic (exact) mass is 277 g/mol. The zero-order valence-corrected chi connectivity index (χ0v) is 11.6. The molecule has 0 bridgehead atoms. The molecule has 1 N–H and O–H groups in total. The molecule has 5 heteroatoms. The quantitative estimate of drug-likeness (QED) is 0.896. The molecule has 0 spiro atoms. The molecular weight excluding hydrogens is 266 g/mol. The third-order valence-corrected chi connectivity index (χ3v) is 3.57. The number of rotatable bonds is 3. The molecule has 1 aromatic carbocycles. The van der Waals surface area contributed by atoms with Crippen molar-refractivity contribution in [3.63, 3.8) is 0 Å². The van der Waals surface area contributed by atoms with Gasteiger partial charge in [-0.3, -0.25) is 0 Å². The number of thiazole rings is 1. The van der Waals surface area contributed by atoms with Crippen molar-refractivity contribution >= 4 is 33.8 Å². The van der Waals surface area contributed by atoms with Crippen molar-refractivity contribution in [3.8, 4) is 6.07 Å². The molecule has 1 aromatic heterocycles. The standard InChI is InChI=1S/C13H12ClN3S/c1-8(2)12-7-18-13(17-12)16-11-5-3-4-10(14)9(11)6-15/h3-5,7-8H,1-2H3,(H,16,17). The second-order valence-electron chi connectivity index (χ2n) is 4.13. The molecule has 2 rings (SSSR count). The van der Waals surface area contributed by atoms with Gasteiger partial charge in [0.1, 0.15) is 6.07 Å². The van der Waals surface area contributed by atoms with Crippen molar-refractivity contribution in [1.29, 1.82) is 5.26 Å². The van der Waals surface area contributed by atoms with E-state index in [9.17, 15) is 0 Å². The average Bonchev–Trinajstić information content (AvgIpc) is 2.78. The Labute approximate surface area is 115 Å². The minimum Gasteiger partial charge on any atom is -0.330 e. The second kappa shape index (κ2) is 5.38. The normalized spacial score (nSPS) is 10.4. The van der Waals surface area contributed by atoms with Gasteiger partial charge in [0, 0.05) is 5.38 Å². The number of hydrogen-bond donors (Lipinski definition) is 1. The van der Waals surface area contributed by atoms with Crippen LogP contribution in [-0.2, 0) is 0 Å². The largest absolute Gasteiger partial charge is 0.330 e. The number of anilines is 2. The highest BCUT2D eigenvalue weighted by Gasteiger charge is 2.09. The van der Waals surface area contributed by atoms with E-state index in [1.165, 1.54) is 11.3 Å². The maximum absolute atomic E-state index is 9.08. The SMILES string of the molecule is CC(C)c1csc(Nc2cccc(Cl)c2C#N)n1. The lowest BCUT2D eigenvalue weighted by atomic mass is 10.2. The summed E-state index contributed by atoms with van der Waals surface area (Å²) in [7, 11) is 0. The van der Waals surface area contributed by atoms with Crippen LogP contribution in [-0.4, -0.2) is 4.98 Å². The van der Waals surface area contributed by atoms with E-state index in [0.29, 0.717) is 22.2 Å². The van der Waals surface area contributed by atoms with Crippen LogP contribution in [0.1, 0.15) is 31.0 Å². The summed E-state index contributed by atoms with van der Waals surface area (Å²) in [5.74, 6) is 0.395. The first-order valence-corrected chi connectivity index (χ1v) is 6.78. The zero-order chi connectivity index (χ0) is 13.1. The summed E-state index contributed by atoms with van der Waals surface area (Å²) in [6, 6.07) is 7.43. The predicted molar refractivity (Wildman–Crippen MR) is 75.7 cm³/mol. The Bertz CT molecular complexity index is 599. The van der Waals surface area contributed by atoms with Gasteiger partial charge in [-0.2, -0.15) is 5.26 Å². The smallest absolute Gasteiger partial charge is 0.187 e. The molecule has 18 heavy (non-hydrogen) atoms. The maximum Gasteiger partial charge on any atom is 0.187 e. The van der Waals surface area contributed by atoms with Gasteiger partial charge < -0.3 is 5.32 Å². The number of halogens is 1. The minimum atomic E-state index is 0.395. The molecule has 0 saturated carbocycles. The van der Waals surface area contributed by atoms with Crippen LogP contribution in [0.2, 0.25) is 5.02 Å². The molecule has 0 radical (unpaired) electrons. The molecule has 92 valence electrons. The molecule has 0 aliphatic heterocycles. The molecule has 1 heterocycles. The summed E-state index contributed by atoms with van der Waals surface area (Å²) < 4.78 is 0. The first kappa shape index (κ1) is 12.9. The van der Waals surface area contributed by atoms with Gasteiger partial charge in [-0.15, -0.1) is 11.3 Å². The molecule has 0 amide bonds. The lowest BCUT2D eigenvalue weighted by Crippen LogP contribution is -1.95. The Morgan fingerprint density at radius 1 is 1.44 bits per heavy atom. The second-order valence-corrected chi connectivity index (χ2v) is 5.40. The van der Waals surface area contributed by atoms with Crippen LogP contribution in [0, 0.1) is 11.3 Å². The van der Waals surface area contributed by atoms with E-state index in [2.05, 4.69) is 30.2 Å². The Balaban J connectivity index is 2.29. The van der Waals surface area contributed by atoms with Crippen LogP contribution in [0.4, 0.5) is 10.8 Å². The molecule has 0 unspecified atom stereocenters. The summed E-state index contributed by atoms with van der Waals surface area (Å²) in [6.45, 7) is 4.19. The Hall–Kier alpha value is -1.57. The van der Waals surface area contributed by atoms with Crippen molar-refractivity contribution in [2.75, 3.05) is 5.32 Å². The van der Waals surface area contributed by atoms with Crippen LogP contribution in [0.25, 0.3) is 0 Å². The fourth-order valence-corrected chi connectivity index (χ4v) is 2.57. The van der Waals surface area contributed by atoms with Crippen LogP contribution in [0.5, 0.6) is 0 Å². The Kier molecular flexibility index (Phi) is 3.85. The topological polar surface area (TPSA) is 48.7 Å². The van der Waals surface area contributed by atoms with E-state index in [4.69, 9.17) is 16.9 Å². The number of nitrogens with one attached hydrogen (secondary N) is 1. The third-order valence-electron chi connectivity index (χ3n) is 2.48. The summed E-state index contributed by atoms with van der Waals surface area (Å²) >= 11 is 7.49. The van der Waals surface area contributed by atoms with E-state index in [0.717, 1.165) is 10.8 Å². The van der Waals surface area contributed by atoms with E-state index in [1.807, 2.05) is 17.5 Å². The van der Waals surface area contributed by atoms with Gasteiger partial charge in [0.25, 0.3) is 0 Å². The molecule has 0 aliphatic rings. The molecule has 0 aliphatic carbocycles. The van der Waals surface area contributed by atoms with Crippen molar-refractivity contribution in [1.82, 2.24) is 4.98 Å². The summed E-state index contributed by atoms with van der Waals surface area (Å²) in [5.41, 5.74) is 2.18. The van der Waals surface area contributed by atoms with Crippen molar-refractivity contribution in [2.45, 2.75) is 19.8 Å². The van der Waals surface area contributed by atoms with E-state index in [-0.39, 0.29) is 0 Å². The number of aromatic nitrogens is 1. The predicted octanol–water partition coefficient (Wildman–Crippen LogP) is 4.54. The maximum atomic E-state index is 9.08. The van der Waals surface area contributed by atoms with Crippen LogP contribution in [0.15, 0.2) is 23.6 Å². The molecule has 2 aromatic rings. The van der Waals surface area contributed by atoms with E-state index in [1.54, 1.807) is 6.07 Å². The zero-order valence-electron chi connectivity index (χ0n) is 10.1. The Morgan fingerprint density at radius 3 is 2.83 bits per heavy atom. The first-order chi connectivity index (χ1) is 8.61. The third kappa shape index (κ3) is 2.63. The van der Waals surface area contributed by atoms with Gasteiger partial charge in [-0.1, -0.05) is 31.5 Å². The number of hydrogen-bond acceptors (Lipinski definition) is 4. The molecule has 3 nitrogen and oxygen atoms in total. The lowest BCUT2D eigenvalue weighted by Gasteiger charge is -2.06. The number of nitriles is 1. The van der Waals surface area contributed by atoms with Crippen molar-refractivity contribution < 1.29 is 0 Å². The first-order valence-electron chi connectivity index (χ1n) is 5.53. The summed E-state index contributed by atoms with van der Waals surface area (Å²) in [4.78, 5) is 4.47. The lowest BCUT2D eigenvalue weighted by molar-refractivity contribution is 0.834. The van der Waals surface area contributed by atoms with Crippen molar-refractivity contribution in [3.05, 3.63) is 39.9 Å². The van der Waals surface area contributed by atoms with E-state index < -0.39 is 0 Å². The van der Waals surface area contributed by atoms with Gasteiger partial charge in [0.05, 0.1) is 22.0 Å². The van der Waals surface area contributed by atoms with Crippen molar-refractivity contribution in [2.24, 2.45) is 0 Å². The number of benzene rings is 1. The molecule has 0 saturated heterocycles. The molecular formula is C13H12ClN3S. The highest BCUT2D eigenvalue weighted by molar-refractivity contribution is 7.13.